The second-order valence-corrected chi connectivity index (χ2v) is 7.08. The Balaban J connectivity index is 1.69. The van der Waals surface area contributed by atoms with Gasteiger partial charge in [-0.15, -0.1) is 0 Å². The Labute approximate surface area is 152 Å². The van der Waals surface area contributed by atoms with Crippen molar-refractivity contribution >= 4 is 17.7 Å². The van der Waals surface area contributed by atoms with Crippen molar-refractivity contribution in [1.82, 2.24) is 14.9 Å². The Kier molecular flexibility index (Phi) is 5.91. The highest BCUT2D eigenvalue weighted by Gasteiger charge is 2.17. The molecule has 0 unspecified atom stereocenters. The highest BCUT2D eigenvalue weighted by Crippen LogP contribution is 2.24. The number of methoxy groups -OCH3 is 1. The fourth-order valence-electron chi connectivity index (χ4n) is 2.88. The van der Waals surface area contributed by atoms with Gasteiger partial charge in [0.1, 0.15) is 5.75 Å². The molecule has 6 heteroatoms. The maximum Gasteiger partial charge on any atom is 0.233 e. The van der Waals surface area contributed by atoms with Crippen LogP contribution in [-0.2, 0) is 4.79 Å². The zero-order valence-electron chi connectivity index (χ0n) is 14.7. The van der Waals surface area contributed by atoms with Crippen molar-refractivity contribution in [3.8, 4) is 17.0 Å². The van der Waals surface area contributed by atoms with Gasteiger partial charge in [-0.05, 0) is 56.5 Å². The fourth-order valence-corrected chi connectivity index (χ4v) is 3.68. The summed E-state index contributed by atoms with van der Waals surface area (Å²) in [6, 6.07) is 9.75. The number of amides is 1. The molecule has 1 fully saturated rings. The molecule has 2 heterocycles. The fraction of sp³-hybridized carbons (Fsp3) is 0.421. The molecule has 0 saturated carbocycles. The average Bonchev–Trinajstić information content (AvgIpc) is 2.66. The molecule has 0 N–H and O–H groups in total. The van der Waals surface area contributed by atoms with E-state index in [1.54, 1.807) is 7.11 Å². The van der Waals surface area contributed by atoms with Crippen LogP contribution in [0.15, 0.2) is 35.5 Å². The van der Waals surface area contributed by atoms with Gasteiger partial charge in [-0.1, -0.05) is 11.8 Å². The molecular formula is C19H23N3O2S. The van der Waals surface area contributed by atoms with Crippen LogP contribution in [0.4, 0.5) is 0 Å². The number of likely N-dealkylation sites (tertiary alicyclic amines) is 1. The van der Waals surface area contributed by atoms with Gasteiger partial charge in [0.2, 0.25) is 5.91 Å². The normalized spacial score (nSPS) is 14.4. The monoisotopic (exact) mass is 357 g/mol. The first-order chi connectivity index (χ1) is 12.2. The molecule has 0 radical (unpaired) electrons. The van der Waals surface area contributed by atoms with Crippen LogP contribution in [-0.4, -0.2) is 46.7 Å². The lowest BCUT2D eigenvalue weighted by molar-refractivity contribution is -0.129. The predicted molar refractivity (Wildman–Crippen MR) is 99.9 cm³/mol. The molecule has 1 amide bonds. The van der Waals surface area contributed by atoms with Crippen molar-refractivity contribution in [3.63, 3.8) is 0 Å². The molecule has 2 aromatic rings. The quantitative estimate of drug-likeness (QED) is 0.605. The Hall–Kier alpha value is -2.08. The van der Waals surface area contributed by atoms with E-state index in [9.17, 15) is 4.79 Å². The van der Waals surface area contributed by atoms with Gasteiger partial charge < -0.3 is 9.64 Å². The summed E-state index contributed by atoms with van der Waals surface area (Å²) >= 11 is 1.41. The van der Waals surface area contributed by atoms with Gasteiger partial charge in [0.05, 0.1) is 18.6 Å². The Morgan fingerprint density at radius 3 is 2.56 bits per heavy atom. The van der Waals surface area contributed by atoms with Gasteiger partial charge in [0, 0.05) is 24.3 Å². The van der Waals surface area contributed by atoms with Crippen LogP contribution >= 0.6 is 11.8 Å². The van der Waals surface area contributed by atoms with Crippen molar-refractivity contribution in [2.75, 3.05) is 26.0 Å². The zero-order valence-corrected chi connectivity index (χ0v) is 15.5. The summed E-state index contributed by atoms with van der Waals surface area (Å²) in [5, 5.41) is 0.649. The highest BCUT2D eigenvalue weighted by atomic mass is 32.2. The third kappa shape index (κ3) is 4.72. The molecule has 0 spiro atoms. The summed E-state index contributed by atoms with van der Waals surface area (Å²) in [6.45, 7) is 3.71. The molecule has 1 saturated heterocycles. The van der Waals surface area contributed by atoms with Crippen LogP contribution in [0.2, 0.25) is 0 Å². The second-order valence-electron chi connectivity index (χ2n) is 6.14. The van der Waals surface area contributed by atoms with Crippen LogP contribution in [0, 0.1) is 6.92 Å². The number of benzene rings is 1. The number of thioether (sulfide) groups is 1. The molecule has 5 nitrogen and oxygen atoms in total. The van der Waals surface area contributed by atoms with Gasteiger partial charge in [-0.25, -0.2) is 9.97 Å². The largest absolute Gasteiger partial charge is 0.497 e. The highest BCUT2D eigenvalue weighted by molar-refractivity contribution is 7.99. The van der Waals surface area contributed by atoms with Gasteiger partial charge in [0.15, 0.2) is 5.16 Å². The number of carbonyl (C=O) groups is 1. The van der Waals surface area contributed by atoms with Crippen LogP contribution in [0.25, 0.3) is 11.3 Å². The maximum absolute atomic E-state index is 12.3. The summed E-state index contributed by atoms with van der Waals surface area (Å²) < 4.78 is 5.20. The van der Waals surface area contributed by atoms with E-state index in [-0.39, 0.29) is 5.91 Å². The molecule has 0 atom stereocenters. The van der Waals surface area contributed by atoms with Crippen LogP contribution in [0.5, 0.6) is 5.75 Å². The molecule has 25 heavy (non-hydrogen) atoms. The lowest BCUT2D eigenvalue weighted by Crippen LogP contribution is -2.36. The minimum Gasteiger partial charge on any atom is -0.497 e. The van der Waals surface area contributed by atoms with Gasteiger partial charge >= 0.3 is 0 Å². The van der Waals surface area contributed by atoms with E-state index in [0.29, 0.717) is 10.9 Å². The van der Waals surface area contributed by atoms with Crippen molar-refractivity contribution in [3.05, 3.63) is 36.0 Å². The predicted octanol–water partition coefficient (Wildman–Crippen LogP) is 3.57. The molecule has 0 bridgehead atoms. The first-order valence-electron chi connectivity index (χ1n) is 8.56. The summed E-state index contributed by atoms with van der Waals surface area (Å²) in [5.74, 6) is 1.39. The van der Waals surface area contributed by atoms with Gasteiger partial charge in [-0.3, -0.25) is 4.79 Å². The number of nitrogens with zero attached hydrogens (tertiary/aromatic N) is 3. The smallest absolute Gasteiger partial charge is 0.233 e. The van der Waals surface area contributed by atoms with E-state index >= 15 is 0 Å². The standard InChI is InChI=1S/C19H23N3O2S/c1-14-12-17(15-6-8-16(24-2)9-7-15)21-19(20-14)25-13-18(23)22-10-4-3-5-11-22/h6-9,12H,3-5,10-11,13H2,1-2H3. The van der Waals surface area contributed by atoms with E-state index in [0.717, 1.165) is 48.6 Å². The van der Waals surface area contributed by atoms with E-state index in [4.69, 9.17) is 4.74 Å². The maximum atomic E-state index is 12.3. The summed E-state index contributed by atoms with van der Waals surface area (Å²) in [7, 11) is 1.65. The third-order valence-corrected chi connectivity index (χ3v) is 5.09. The van der Waals surface area contributed by atoms with E-state index < -0.39 is 0 Å². The van der Waals surface area contributed by atoms with Crippen molar-refractivity contribution in [2.45, 2.75) is 31.3 Å². The third-order valence-electron chi connectivity index (χ3n) is 4.25. The van der Waals surface area contributed by atoms with E-state index in [1.807, 2.05) is 42.2 Å². The van der Waals surface area contributed by atoms with Crippen LogP contribution < -0.4 is 4.74 Å². The minimum absolute atomic E-state index is 0.181. The molecule has 1 aliphatic heterocycles. The molecule has 1 aromatic heterocycles. The number of rotatable bonds is 5. The molecule has 132 valence electrons. The van der Waals surface area contributed by atoms with Crippen LogP contribution in [0.3, 0.4) is 0 Å². The van der Waals surface area contributed by atoms with Gasteiger partial charge in [0.25, 0.3) is 0 Å². The first kappa shape index (κ1) is 17.7. The summed E-state index contributed by atoms with van der Waals surface area (Å²) in [5.41, 5.74) is 2.77. The molecule has 3 rings (SSSR count). The van der Waals surface area contributed by atoms with E-state index in [2.05, 4.69) is 9.97 Å². The van der Waals surface area contributed by atoms with Crippen molar-refractivity contribution in [2.24, 2.45) is 0 Å². The number of hydrogen-bond acceptors (Lipinski definition) is 5. The molecular weight excluding hydrogens is 334 g/mol. The number of hydrogen-bond donors (Lipinski definition) is 0. The Bertz CT molecular complexity index is 728. The number of aromatic nitrogens is 2. The second kappa shape index (κ2) is 8.34. The topological polar surface area (TPSA) is 55.3 Å². The van der Waals surface area contributed by atoms with Crippen LogP contribution in [0.1, 0.15) is 25.0 Å². The minimum atomic E-state index is 0.181. The zero-order chi connectivity index (χ0) is 17.6. The molecule has 1 aliphatic rings. The molecule has 0 aliphatic carbocycles. The number of carbonyl (C=O) groups excluding carboxylic acids is 1. The lowest BCUT2D eigenvalue weighted by atomic mass is 10.1. The van der Waals surface area contributed by atoms with Crippen molar-refractivity contribution in [1.29, 1.82) is 0 Å². The number of aryl methyl sites for hydroxylation is 1. The first-order valence-corrected chi connectivity index (χ1v) is 9.55. The Morgan fingerprint density at radius 1 is 1.16 bits per heavy atom. The number of ether oxygens (including phenoxy) is 1. The number of piperidine rings is 1. The SMILES string of the molecule is COc1ccc(-c2cc(C)nc(SCC(=O)N3CCCCC3)n2)cc1. The lowest BCUT2D eigenvalue weighted by Gasteiger charge is -2.26. The van der Waals surface area contributed by atoms with E-state index in [1.165, 1.54) is 18.2 Å². The van der Waals surface area contributed by atoms with Gasteiger partial charge in [-0.2, -0.15) is 0 Å². The Morgan fingerprint density at radius 2 is 1.88 bits per heavy atom. The summed E-state index contributed by atoms with van der Waals surface area (Å²) in [4.78, 5) is 23.4. The summed E-state index contributed by atoms with van der Waals surface area (Å²) in [6.07, 6.45) is 3.45. The van der Waals surface area contributed by atoms with Crippen molar-refractivity contribution < 1.29 is 9.53 Å². The molecule has 1 aromatic carbocycles. The average molecular weight is 357 g/mol.